The van der Waals surface area contributed by atoms with Crippen LogP contribution in [0, 0.1) is 0 Å². The van der Waals surface area contributed by atoms with E-state index in [4.69, 9.17) is 0 Å². The quantitative estimate of drug-likeness (QED) is 0.480. The maximum atomic E-state index is 12.3. The van der Waals surface area contributed by atoms with Gasteiger partial charge in [0.2, 0.25) is 0 Å². The third-order valence-electron chi connectivity index (χ3n) is 3.84. The Hall–Kier alpha value is -3.08. The minimum Gasteiger partial charge on any atom is -0.374 e. The molecule has 0 fully saturated rings. The van der Waals surface area contributed by atoms with Crippen molar-refractivity contribution >= 4 is 28.7 Å². The molecule has 0 aliphatic heterocycles. The lowest BCUT2D eigenvalue weighted by atomic mass is 10.2. The predicted octanol–water partition coefficient (Wildman–Crippen LogP) is 3.51. The Morgan fingerprint density at radius 1 is 1.17 bits per heavy atom. The number of nitrogens with one attached hydrogen (secondary N) is 3. The fourth-order valence-corrected chi connectivity index (χ4v) is 2.53. The van der Waals surface area contributed by atoms with Crippen molar-refractivity contribution < 1.29 is 4.79 Å². The number of para-hydroxylation sites is 2. The van der Waals surface area contributed by atoms with Crippen molar-refractivity contribution in [3.63, 3.8) is 0 Å². The third kappa shape index (κ3) is 3.63. The van der Waals surface area contributed by atoms with Gasteiger partial charge >= 0.3 is 0 Å². The zero-order valence-corrected chi connectivity index (χ0v) is 13.5. The van der Waals surface area contributed by atoms with Gasteiger partial charge in [0, 0.05) is 28.4 Å². The highest BCUT2D eigenvalue weighted by Gasteiger charge is 2.15. The zero-order chi connectivity index (χ0) is 16.8. The summed E-state index contributed by atoms with van der Waals surface area (Å²) < 4.78 is 0. The summed E-state index contributed by atoms with van der Waals surface area (Å²) in [7, 11) is 0. The molecule has 5 nitrogen and oxygen atoms in total. The summed E-state index contributed by atoms with van der Waals surface area (Å²) >= 11 is 0. The normalized spacial score (nSPS) is 12.4. The molecule has 3 rings (SSSR count). The Bertz CT molecular complexity index is 839. The first kappa shape index (κ1) is 15.8. The minimum atomic E-state index is -0.326. The fraction of sp³-hybridized carbons (Fsp3) is 0.158. The van der Waals surface area contributed by atoms with Crippen molar-refractivity contribution in [2.45, 2.75) is 19.4 Å². The molecule has 3 aromatic rings. The number of aromatic amines is 1. The molecule has 1 heterocycles. The minimum absolute atomic E-state index is 0.155. The van der Waals surface area contributed by atoms with E-state index in [1.54, 1.807) is 6.21 Å². The van der Waals surface area contributed by atoms with E-state index in [0.29, 0.717) is 6.42 Å². The summed E-state index contributed by atoms with van der Waals surface area (Å²) in [5, 5.41) is 8.37. The number of amides is 1. The van der Waals surface area contributed by atoms with Gasteiger partial charge < -0.3 is 10.3 Å². The number of rotatable bonds is 6. The molecule has 0 radical (unpaired) electrons. The van der Waals surface area contributed by atoms with Gasteiger partial charge in [-0.1, -0.05) is 43.3 Å². The first-order valence-corrected chi connectivity index (χ1v) is 7.98. The van der Waals surface area contributed by atoms with E-state index in [0.717, 1.165) is 22.2 Å². The molecule has 122 valence electrons. The Morgan fingerprint density at radius 3 is 2.71 bits per heavy atom. The monoisotopic (exact) mass is 320 g/mol. The van der Waals surface area contributed by atoms with E-state index in [2.05, 4.69) is 20.8 Å². The van der Waals surface area contributed by atoms with E-state index < -0.39 is 0 Å². The number of hydrogen-bond donors (Lipinski definition) is 3. The molecule has 1 amide bonds. The largest absolute Gasteiger partial charge is 0.374 e. The van der Waals surface area contributed by atoms with Crippen LogP contribution in [0.3, 0.4) is 0 Å². The van der Waals surface area contributed by atoms with Crippen molar-refractivity contribution in [1.29, 1.82) is 0 Å². The van der Waals surface area contributed by atoms with Crippen molar-refractivity contribution in [1.82, 2.24) is 10.4 Å². The number of nitrogens with zero attached hydrogens (tertiary/aromatic N) is 1. The molecule has 2 aromatic carbocycles. The molecule has 0 saturated carbocycles. The second-order valence-corrected chi connectivity index (χ2v) is 5.50. The van der Waals surface area contributed by atoms with Crippen molar-refractivity contribution in [2.75, 3.05) is 5.32 Å². The van der Waals surface area contributed by atoms with Crippen molar-refractivity contribution in [2.24, 2.45) is 5.10 Å². The highest BCUT2D eigenvalue weighted by molar-refractivity contribution is 5.99. The van der Waals surface area contributed by atoms with Crippen LogP contribution in [-0.2, 0) is 4.79 Å². The van der Waals surface area contributed by atoms with Gasteiger partial charge in [0.15, 0.2) is 0 Å². The maximum Gasteiger partial charge on any atom is 0.262 e. The topological polar surface area (TPSA) is 69.3 Å². The zero-order valence-electron chi connectivity index (χ0n) is 13.5. The van der Waals surface area contributed by atoms with Crippen LogP contribution in [0.25, 0.3) is 10.9 Å². The molecule has 24 heavy (non-hydrogen) atoms. The standard InChI is InChI=1S/C19H20N4O/c1-2-17(22-15-8-4-3-5-9-15)19(24)23-21-13-14-12-20-18-11-7-6-10-16(14)18/h3-13,17,20,22H,2H2,1H3,(H,23,24). The van der Waals surface area contributed by atoms with Crippen LogP contribution >= 0.6 is 0 Å². The summed E-state index contributed by atoms with van der Waals surface area (Å²) in [6.07, 6.45) is 4.20. The second-order valence-electron chi connectivity index (χ2n) is 5.50. The lowest BCUT2D eigenvalue weighted by Crippen LogP contribution is -2.36. The number of hydrazone groups is 1. The predicted molar refractivity (Wildman–Crippen MR) is 98.2 cm³/mol. The number of aromatic nitrogens is 1. The van der Waals surface area contributed by atoms with Gasteiger partial charge in [-0.05, 0) is 24.6 Å². The van der Waals surface area contributed by atoms with Crippen LogP contribution in [0.1, 0.15) is 18.9 Å². The lowest BCUT2D eigenvalue weighted by molar-refractivity contribution is -0.121. The first-order valence-electron chi connectivity index (χ1n) is 7.98. The highest BCUT2D eigenvalue weighted by Crippen LogP contribution is 2.15. The van der Waals surface area contributed by atoms with E-state index in [1.165, 1.54) is 0 Å². The molecule has 1 atom stereocenters. The maximum absolute atomic E-state index is 12.3. The van der Waals surface area contributed by atoms with E-state index in [-0.39, 0.29) is 11.9 Å². The number of fused-ring (bicyclic) bond motifs is 1. The number of H-pyrrole nitrogens is 1. The number of anilines is 1. The van der Waals surface area contributed by atoms with E-state index >= 15 is 0 Å². The van der Waals surface area contributed by atoms with Crippen LogP contribution in [0.4, 0.5) is 5.69 Å². The molecular weight excluding hydrogens is 300 g/mol. The Balaban J connectivity index is 1.63. The van der Waals surface area contributed by atoms with Crippen LogP contribution in [0.15, 0.2) is 65.9 Å². The van der Waals surface area contributed by atoms with Gasteiger partial charge in [-0.3, -0.25) is 4.79 Å². The SMILES string of the molecule is CCC(Nc1ccccc1)C(=O)NN=Cc1c[nH]c2ccccc12. The van der Waals surface area contributed by atoms with E-state index in [9.17, 15) is 4.79 Å². The molecule has 0 bridgehead atoms. The van der Waals surface area contributed by atoms with Crippen LogP contribution in [-0.4, -0.2) is 23.1 Å². The summed E-state index contributed by atoms with van der Waals surface area (Å²) in [6, 6.07) is 17.3. The summed E-state index contributed by atoms with van der Waals surface area (Å²) in [5.41, 5.74) is 5.51. The van der Waals surface area contributed by atoms with Gasteiger partial charge in [-0.25, -0.2) is 5.43 Å². The molecule has 1 unspecified atom stereocenters. The molecule has 0 saturated heterocycles. The highest BCUT2D eigenvalue weighted by atomic mass is 16.2. The summed E-state index contributed by atoms with van der Waals surface area (Å²) in [6.45, 7) is 1.96. The molecule has 0 aliphatic rings. The summed E-state index contributed by atoms with van der Waals surface area (Å²) in [5.74, 6) is -0.155. The Kier molecular flexibility index (Phi) is 4.91. The first-order chi connectivity index (χ1) is 11.8. The van der Waals surface area contributed by atoms with E-state index in [1.807, 2.05) is 67.7 Å². The molecule has 5 heteroatoms. The Morgan fingerprint density at radius 2 is 1.92 bits per heavy atom. The van der Waals surface area contributed by atoms with Crippen LogP contribution in [0.2, 0.25) is 0 Å². The smallest absolute Gasteiger partial charge is 0.262 e. The van der Waals surface area contributed by atoms with Crippen LogP contribution in [0.5, 0.6) is 0 Å². The van der Waals surface area contributed by atoms with Crippen molar-refractivity contribution in [3.05, 3.63) is 66.4 Å². The molecule has 0 aliphatic carbocycles. The van der Waals surface area contributed by atoms with Crippen molar-refractivity contribution in [3.8, 4) is 0 Å². The molecule has 3 N–H and O–H groups in total. The molecular formula is C19H20N4O. The number of benzene rings is 2. The fourth-order valence-electron chi connectivity index (χ4n) is 2.53. The number of hydrogen-bond acceptors (Lipinski definition) is 3. The van der Waals surface area contributed by atoms with Crippen LogP contribution < -0.4 is 10.7 Å². The lowest BCUT2D eigenvalue weighted by Gasteiger charge is -2.16. The van der Waals surface area contributed by atoms with Gasteiger partial charge in [-0.2, -0.15) is 5.10 Å². The average Bonchev–Trinajstić information content (AvgIpc) is 3.04. The molecule has 0 spiro atoms. The third-order valence-corrected chi connectivity index (χ3v) is 3.84. The molecule has 1 aromatic heterocycles. The average molecular weight is 320 g/mol. The van der Waals surface area contributed by atoms with Gasteiger partial charge in [0.05, 0.1) is 6.21 Å². The Labute approximate surface area is 140 Å². The summed E-state index contributed by atoms with van der Waals surface area (Å²) in [4.78, 5) is 15.5. The van der Waals surface area contributed by atoms with Gasteiger partial charge in [0.25, 0.3) is 5.91 Å². The van der Waals surface area contributed by atoms with Gasteiger partial charge in [0.1, 0.15) is 6.04 Å². The van der Waals surface area contributed by atoms with Gasteiger partial charge in [-0.15, -0.1) is 0 Å². The number of carbonyl (C=O) groups excluding carboxylic acids is 1. The number of carbonyl (C=O) groups is 1. The second kappa shape index (κ2) is 7.46.